The van der Waals surface area contributed by atoms with Crippen LogP contribution in [0.15, 0.2) is 42.5 Å². The second kappa shape index (κ2) is 6.01. The number of benzene rings is 2. The molecule has 2 heterocycles. The van der Waals surface area contributed by atoms with Crippen LogP contribution in [0.3, 0.4) is 0 Å². The summed E-state index contributed by atoms with van der Waals surface area (Å²) in [5, 5.41) is 2.79. The first-order valence-corrected chi connectivity index (χ1v) is 7.84. The molecule has 2 aromatic rings. The van der Waals surface area contributed by atoms with Gasteiger partial charge in [-0.2, -0.15) is 0 Å². The Morgan fingerprint density at radius 2 is 1.92 bits per heavy atom. The minimum atomic E-state index is -0.749. The zero-order valence-electron chi connectivity index (χ0n) is 13.5. The van der Waals surface area contributed by atoms with Crippen LogP contribution in [0.25, 0.3) is 0 Å². The van der Waals surface area contributed by atoms with Crippen molar-refractivity contribution in [3.8, 4) is 17.2 Å². The summed E-state index contributed by atoms with van der Waals surface area (Å²) in [4.78, 5) is 25.7. The van der Waals surface area contributed by atoms with Gasteiger partial charge in [0.05, 0.1) is 5.69 Å². The van der Waals surface area contributed by atoms with Crippen molar-refractivity contribution in [3.63, 3.8) is 0 Å². The van der Waals surface area contributed by atoms with Crippen LogP contribution in [0.1, 0.15) is 0 Å². The number of anilines is 2. The maximum absolute atomic E-state index is 12.5. The van der Waals surface area contributed by atoms with Crippen molar-refractivity contribution in [2.45, 2.75) is 6.10 Å². The lowest BCUT2D eigenvalue weighted by molar-refractivity contribution is -0.125. The number of nitrogens with zero attached hydrogens (tertiary/aromatic N) is 1. The minimum absolute atomic E-state index is 0.0157. The van der Waals surface area contributed by atoms with Crippen LogP contribution in [-0.4, -0.2) is 38.2 Å². The number of hydrogen-bond donors (Lipinski definition) is 1. The van der Waals surface area contributed by atoms with E-state index in [4.69, 9.17) is 14.2 Å². The maximum atomic E-state index is 12.5. The van der Waals surface area contributed by atoms with E-state index in [0.717, 1.165) is 0 Å². The van der Waals surface area contributed by atoms with Gasteiger partial charge in [0.2, 0.25) is 6.10 Å². The fraction of sp³-hybridized carbons (Fsp3) is 0.222. The number of carbonyl (C=O) groups is 2. The van der Waals surface area contributed by atoms with Gasteiger partial charge in [0, 0.05) is 12.7 Å². The molecule has 0 unspecified atom stereocenters. The highest BCUT2D eigenvalue weighted by atomic mass is 16.6. The molecule has 2 amide bonds. The number of fused-ring (bicyclic) bond motifs is 2. The van der Waals surface area contributed by atoms with Gasteiger partial charge in [-0.3, -0.25) is 9.59 Å². The molecule has 7 nitrogen and oxygen atoms in total. The predicted molar refractivity (Wildman–Crippen MR) is 90.3 cm³/mol. The molecule has 1 N–H and O–H groups in total. The molecule has 0 aliphatic carbocycles. The number of nitrogens with one attached hydrogen (secondary N) is 1. The smallest absolute Gasteiger partial charge is 0.269 e. The SMILES string of the molecule is CN1C(=O)COc2ccc(NC(=O)[C@H]3COc4ccccc4O3)cc21. The highest BCUT2D eigenvalue weighted by molar-refractivity contribution is 6.00. The van der Waals surface area contributed by atoms with Crippen molar-refractivity contribution in [1.82, 2.24) is 0 Å². The topological polar surface area (TPSA) is 77.1 Å². The first-order chi connectivity index (χ1) is 12.1. The lowest BCUT2D eigenvalue weighted by Crippen LogP contribution is -2.40. The molecule has 2 aliphatic rings. The average Bonchev–Trinajstić information content (AvgIpc) is 2.64. The number of amides is 2. The van der Waals surface area contributed by atoms with Crippen molar-refractivity contribution in [3.05, 3.63) is 42.5 Å². The Morgan fingerprint density at radius 3 is 2.76 bits per heavy atom. The largest absolute Gasteiger partial charge is 0.485 e. The number of hydrogen-bond acceptors (Lipinski definition) is 5. The van der Waals surface area contributed by atoms with Crippen LogP contribution in [0.5, 0.6) is 17.2 Å². The van der Waals surface area contributed by atoms with E-state index in [0.29, 0.717) is 28.6 Å². The number of ether oxygens (including phenoxy) is 3. The summed E-state index contributed by atoms with van der Waals surface area (Å²) < 4.78 is 16.6. The standard InChI is InChI=1S/C18H16N2O5/c1-20-12-8-11(6-7-13(12)24-10-17(20)21)19-18(22)16-9-23-14-4-2-3-5-15(14)25-16/h2-8,16H,9-10H2,1H3,(H,19,22)/t16-/m1/s1. The zero-order valence-corrected chi connectivity index (χ0v) is 13.5. The summed E-state index contributed by atoms with van der Waals surface area (Å²) in [5.74, 6) is 1.30. The molecule has 0 aromatic heterocycles. The van der Waals surface area contributed by atoms with E-state index in [1.54, 1.807) is 37.4 Å². The van der Waals surface area contributed by atoms with Gasteiger partial charge < -0.3 is 24.4 Å². The molecule has 0 saturated heterocycles. The lowest BCUT2D eigenvalue weighted by Gasteiger charge is -2.27. The summed E-state index contributed by atoms with van der Waals surface area (Å²) >= 11 is 0. The summed E-state index contributed by atoms with van der Waals surface area (Å²) in [7, 11) is 1.67. The Balaban J connectivity index is 1.49. The summed E-state index contributed by atoms with van der Waals surface area (Å²) in [6.45, 7) is 0.150. The third-order valence-electron chi connectivity index (χ3n) is 4.11. The van der Waals surface area contributed by atoms with E-state index in [-0.39, 0.29) is 25.0 Å². The van der Waals surface area contributed by atoms with E-state index < -0.39 is 6.10 Å². The van der Waals surface area contributed by atoms with Crippen LogP contribution >= 0.6 is 0 Å². The minimum Gasteiger partial charge on any atom is -0.485 e. The number of likely N-dealkylation sites (N-methyl/N-ethyl adjacent to an activating group) is 1. The van der Waals surface area contributed by atoms with Gasteiger partial charge in [0.1, 0.15) is 12.4 Å². The third kappa shape index (κ3) is 2.84. The normalized spacial score (nSPS) is 18.2. The maximum Gasteiger partial charge on any atom is 0.269 e. The monoisotopic (exact) mass is 340 g/mol. The van der Waals surface area contributed by atoms with Gasteiger partial charge in [-0.1, -0.05) is 12.1 Å². The van der Waals surface area contributed by atoms with E-state index >= 15 is 0 Å². The molecule has 0 fully saturated rings. The molecule has 0 spiro atoms. The molecule has 4 rings (SSSR count). The van der Waals surface area contributed by atoms with E-state index in [9.17, 15) is 9.59 Å². The fourth-order valence-electron chi connectivity index (χ4n) is 2.72. The highest BCUT2D eigenvalue weighted by Crippen LogP contribution is 2.34. The molecule has 0 bridgehead atoms. The third-order valence-corrected chi connectivity index (χ3v) is 4.11. The first-order valence-electron chi connectivity index (χ1n) is 7.84. The van der Waals surface area contributed by atoms with Gasteiger partial charge in [0.25, 0.3) is 11.8 Å². The first kappa shape index (κ1) is 15.3. The van der Waals surface area contributed by atoms with Crippen molar-refractivity contribution in [1.29, 1.82) is 0 Å². The number of rotatable bonds is 2. The van der Waals surface area contributed by atoms with Gasteiger partial charge in [-0.05, 0) is 30.3 Å². The van der Waals surface area contributed by atoms with E-state index in [2.05, 4.69) is 5.32 Å². The highest BCUT2D eigenvalue weighted by Gasteiger charge is 2.28. The van der Waals surface area contributed by atoms with Gasteiger partial charge >= 0.3 is 0 Å². The van der Waals surface area contributed by atoms with Crippen molar-refractivity contribution in [2.75, 3.05) is 30.5 Å². The van der Waals surface area contributed by atoms with E-state index in [1.807, 2.05) is 12.1 Å². The van der Waals surface area contributed by atoms with Crippen LogP contribution in [0.4, 0.5) is 11.4 Å². The average molecular weight is 340 g/mol. The lowest BCUT2D eigenvalue weighted by atomic mass is 10.2. The molecule has 1 atom stereocenters. The Kier molecular flexibility index (Phi) is 3.68. The van der Waals surface area contributed by atoms with Crippen LogP contribution in [0.2, 0.25) is 0 Å². The Labute approximate surface area is 144 Å². The Morgan fingerprint density at radius 1 is 1.12 bits per heavy atom. The quantitative estimate of drug-likeness (QED) is 0.902. The zero-order chi connectivity index (χ0) is 17.4. The predicted octanol–water partition coefficient (Wildman–Crippen LogP) is 1.82. The second-order valence-electron chi connectivity index (χ2n) is 5.78. The van der Waals surface area contributed by atoms with Crippen LogP contribution in [-0.2, 0) is 9.59 Å². The Bertz CT molecular complexity index is 851. The summed E-state index contributed by atoms with van der Waals surface area (Å²) in [5.41, 5.74) is 1.16. The second-order valence-corrected chi connectivity index (χ2v) is 5.78. The molecular formula is C18H16N2O5. The van der Waals surface area contributed by atoms with Gasteiger partial charge in [0.15, 0.2) is 18.1 Å². The van der Waals surface area contributed by atoms with Crippen molar-refractivity contribution < 1.29 is 23.8 Å². The Hall–Kier alpha value is -3.22. The van der Waals surface area contributed by atoms with Crippen LogP contribution in [0, 0.1) is 0 Å². The number of carbonyl (C=O) groups excluding carboxylic acids is 2. The molecule has 2 aliphatic heterocycles. The summed E-state index contributed by atoms with van der Waals surface area (Å²) in [6.07, 6.45) is -0.749. The molecule has 7 heteroatoms. The molecule has 2 aromatic carbocycles. The molecule has 128 valence electrons. The van der Waals surface area contributed by atoms with E-state index in [1.165, 1.54) is 4.90 Å². The van der Waals surface area contributed by atoms with Crippen molar-refractivity contribution >= 4 is 23.2 Å². The van der Waals surface area contributed by atoms with Gasteiger partial charge in [-0.15, -0.1) is 0 Å². The van der Waals surface area contributed by atoms with Gasteiger partial charge in [-0.25, -0.2) is 0 Å². The molecular weight excluding hydrogens is 324 g/mol. The summed E-state index contributed by atoms with van der Waals surface area (Å²) in [6, 6.07) is 12.3. The number of para-hydroxylation sites is 2. The molecule has 0 saturated carbocycles. The van der Waals surface area contributed by atoms with Crippen LogP contribution < -0.4 is 24.4 Å². The molecule has 25 heavy (non-hydrogen) atoms. The fourth-order valence-corrected chi connectivity index (χ4v) is 2.72. The van der Waals surface area contributed by atoms with Crippen molar-refractivity contribution in [2.24, 2.45) is 0 Å². The molecule has 0 radical (unpaired) electrons.